The first-order valence-corrected chi connectivity index (χ1v) is 6.64. The second-order valence-corrected chi connectivity index (χ2v) is 4.39. The molecule has 0 aromatic carbocycles. The zero-order valence-electron chi connectivity index (χ0n) is 11.0. The lowest BCUT2D eigenvalue weighted by atomic mass is 10.1. The lowest BCUT2D eigenvalue weighted by Crippen LogP contribution is -2.51. The lowest BCUT2D eigenvalue weighted by molar-refractivity contribution is 0.128. The van der Waals surface area contributed by atoms with Gasteiger partial charge in [0, 0.05) is 6.54 Å². The molecule has 0 amide bonds. The number of hydrogen-bond acceptors (Lipinski definition) is 4. The third-order valence-electron chi connectivity index (χ3n) is 3.06. The molecule has 6 N–H and O–H groups in total. The van der Waals surface area contributed by atoms with Gasteiger partial charge in [0.15, 0.2) is 0 Å². The highest BCUT2D eigenvalue weighted by atomic mass is 15.3. The summed E-state index contributed by atoms with van der Waals surface area (Å²) in [7, 11) is 0. The van der Waals surface area contributed by atoms with E-state index in [0.29, 0.717) is 0 Å². The van der Waals surface area contributed by atoms with Crippen LogP contribution in [0.15, 0.2) is 0 Å². The fourth-order valence-electron chi connectivity index (χ4n) is 1.84. The molecular formula is C12H30N4. The highest BCUT2D eigenvalue weighted by Crippen LogP contribution is 2.08. The molecule has 0 aliphatic rings. The van der Waals surface area contributed by atoms with Crippen molar-refractivity contribution in [1.29, 1.82) is 0 Å². The van der Waals surface area contributed by atoms with Crippen LogP contribution in [-0.2, 0) is 0 Å². The van der Waals surface area contributed by atoms with Crippen LogP contribution in [0.25, 0.3) is 0 Å². The maximum atomic E-state index is 6.06. The van der Waals surface area contributed by atoms with E-state index >= 15 is 0 Å². The molecular weight excluding hydrogens is 200 g/mol. The Balaban J connectivity index is 3.83. The molecule has 4 nitrogen and oxygen atoms in total. The van der Waals surface area contributed by atoms with Crippen LogP contribution < -0.4 is 17.2 Å². The molecule has 0 aliphatic heterocycles. The predicted molar refractivity (Wildman–Crippen MR) is 70.8 cm³/mol. The van der Waals surface area contributed by atoms with Gasteiger partial charge in [0.1, 0.15) is 0 Å². The van der Waals surface area contributed by atoms with Gasteiger partial charge in [0.25, 0.3) is 0 Å². The van der Waals surface area contributed by atoms with Gasteiger partial charge in [-0.1, -0.05) is 26.7 Å². The van der Waals surface area contributed by atoms with E-state index in [0.717, 1.165) is 32.4 Å². The summed E-state index contributed by atoms with van der Waals surface area (Å²) in [4.78, 5) is 2.22. The molecule has 0 aliphatic carbocycles. The van der Waals surface area contributed by atoms with Crippen molar-refractivity contribution in [2.45, 2.75) is 64.7 Å². The first-order valence-electron chi connectivity index (χ1n) is 6.64. The minimum atomic E-state index is 0.101. The molecule has 0 spiro atoms. The average Bonchev–Trinajstić information content (AvgIpc) is 2.32. The van der Waals surface area contributed by atoms with Gasteiger partial charge in [0.05, 0.1) is 12.3 Å². The van der Waals surface area contributed by atoms with Crippen LogP contribution in [0.1, 0.15) is 52.4 Å². The van der Waals surface area contributed by atoms with E-state index in [1.54, 1.807) is 0 Å². The van der Waals surface area contributed by atoms with Gasteiger partial charge in [0.2, 0.25) is 0 Å². The molecule has 0 bridgehead atoms. The minimum Gasteiger partial charge on any atom is -0.330 e. The second-order valence-electron chi connectivity index (χ2n) is 4.39. The van der Waals surface area contributed by atoms with Crippen LogP contribution >= 0.6 is 0 Å². The van der Waals surface area contributed by atoms with Gasteiger partial charge in [-0.25, -0.2) is 0 Å². The summed E-state index contributed by atoms with van der Waals surface area (Å²) < 4.78 is 0. The Morgan fingerprint density at radius 2 is 1.38 bits per heavy atom. The fourth-order valence-corrected chi connectivity index (χ4v) is 1.84. The second kappa shape index (κ2) is 10.0. The van der Waals surface area contributed by atoms with Crippen molar-refractivity contribution in [2.24, 2.45) is 17.2 Å². The quantitative estimate of drug-likeness (QED) is 0.389. The van der Waals surface area contributed by atoms with Crippen molar-refractivity contribution >= 4 is 0 Å². The molecule has 2 unspecified atom stereocenters. The maximum Gasteiger partial charge on any atom is 0.0582 e. The van der Waals surface area contributed by atoms with E-state index in [2.05, 4.69) is 18.7 Å². The average molecular weight is 230 g/mol. The molecule has 0 aromatic heterocycles. The SMILES string of the molecule is CCC(N)N(CCCCCCN)C(N)CC. The molecule has 0 saturated heterocycles. The van der Waals surface area contributed by atoms with E-state index < -0.39 is 0 Å². The topological polar surface area (TPSA) is 81.3 Å². The van der Waals surface area contributed by atoms with Crippen LogP contribution in [0.4, 0.5) is 0 Å². The van der Waals surface area contributed by atoms with Gasteiger partial charge >= 0.3 is 0 Å². The van der Waals surface area contributed by atoms with E-state index in [9.17, 15) is 0 Å². The number of unbranched alkanes of at least 4 members (excludes halogenated alkanes) is 3. The van der Waals surface area contributed by atoms with Gasteiger partial charge in [-0.2, -0.15) is 0 Å². The smallest absolute Gasteiger partial charge is 0.0582 e. The molecule has 16 heavy (non-hydrogen) atoms. The van der Waals surface area contributed by atoms with Gasteiger partial charge < -0.3 is 17.2 Å². The molecule has 0 radical (unpaired) electrons. The van der Waals surface area contributed by atoms with Crippen molar-refractivity contribution in [2.75, 3.05) is 13.1 Å². The normalized spacial score (nSPS) is 15.4. The van der Waals surface area contributed by atoms with Crippen molar-refractivity contribution in [3.8, 4) is 0 Å². The van der Waals surface area contributed by atoms with E-state index in [1.807, 2.05) is 0 Å². The first-order chi connectivity index (χ1) is 7.67. The fraction of sp³-hybridized carbons (Fsp3) is 1.00. The van der Waals surface area contributed by atoms with E-state index in [-0.39, 0.29) is 12.3 Å². The third-order valence-corrected chi connectivity index (χ3v) is 3.06. The predicted octanol–water partition coefficient (Wildman–Crippen LogP) is 1.20. The number of nitrogens with two attached hydrogens (primary N) is 3. The third kappa shape index (κ3) is 6.43. The van der Waals surface area contributed by atoms with Crippen molar-refractivity contribution < 1.29 is 0 Å². The maximum absolute atomic E-state index is 6.06. The van der Waals surface area contributed by atoms with Crippen LogP contribution in [0.2, 0.25) is 0 Å². The number of rotatable bonds is 10. The summed E-state index contributed by atoms with van der Waals surface area (Å²) in [6.07, 6.45) is 6.84. The van der Waals surface area contributed by atoms with E-state index in [4.69, 9.17) is 17.2 Å². The van der Waals surface area contributed by atoms with Crippen molar-refractivity contribution in [1.82, 2.24) is 4.90 Å². The van der Waals surface area contributed by atoms with Gasteiger partial charge in [-0.15, -0.1) is 0 Å². The Bertz CT molecular complexity index is 142. The summed E-state index contributed by atoms with van der Waals surface area (Å²) >= 11 is 0. The molecule has 0 aromatic rings. The summed E-state index contributed by atoms with van der Waals surface area (Å²) in [6, 6.07) is 0. The van der Waals surface area contributed by atoms with Gasteiger partial charge in [-0.3, -0.25) is 4.90 Å². The molecule has 0 rings (SSSR count). The minimum absolute atomic E-state index is 0.101. The van der Waals surface area contributed by atoms with Crippen LogP contribution in [0, 0.1) is 0 Å². The number of nitrogens with zero attached hydrogens (tertiary/aromatic N) is 1. The summed E-state index contributed by atoms with van der Waals surface area (Å²) in [6.45, 7) is 6.02. The van der Waals surface area contributed by atoms with Gasteiger partial charge in [-0.05, 0) is 32.2 Å². The monoisotopic (exact) mass is 230 g/mol. The molecule has 98 valence electrons. The van der Waals surface area contributed by atoms with Crippen molar-refractivity contribution in [3.05, 3.63) is 0 Å². The first kappa shape index (κ1) is 15.8. The van der Waals surface area contributed by atoms with Crippen LogP contribution in [0.3, 0.4) is 0 Å². The highest BCUT2D eigenvalue weighted by Gasteiger charge is 2.17. The zero-order chi connectivity index (χ0) is 12.4. The van der Waals surface area contributed by atoms with Crippen molar-refractivity contribution in [3.63, 3.8) is 0 Å². The number of hydrogen-bond donors (Lipinski definition) is 3. The van der Waals surface area contributed by atoms with E-state index in [1.165, 1.54) is 19.3 Å². The standard InChI is InChI=1S/C12H30N4/c1-3-11(14)16(12(15)4-2)10-8-6-5-7-9-13/h11-12H,3-10,13-15H2,1-2H3. The molecule has 4 heteroatoms. The molecule has 0 fully saturated rings. The summed E-state index contributed by atoms with van der Waals surface area (Å²) in [5.41, 5.74) is 17.6. The Morgan fingerprint density at radius 1 is 0.875 bits per heavy atom. The lowest BCUT2D eigenvalue weighted by Gasteiger charge is -2.33. The van der Waals surface area contributed by atoms with Crippen LogP contribution in [0.5, 0.6) is 0 Å². The Labute approximate surface area is 101 Å². The highest BCUT2D eigenvalue weighted by molar-refractivity contribution is 4.70. The summed E-state index contributed by atoms with van der Waals surface area (Å²) in [5.74, 6) is 0. The molecule has 2 atom stereocenters. The largest absolute Gasteiger partial charge is 0.330 e. The Morgan fingerprint density at radius 3 is 1.81 bits per heavy atom. The van der Waals surface area contributed by atoms with Crippen LogP contribution in [-0.4, -0.2) is 30.3 Å². The zero-order valence-corrected chi connectivity index (χ0v) is 11.0. The Kier molecular flexibility index (Phi) is 9.92. The molecule has 0 saturated carbocycles. The molecule has 0 heterocycles. The summed E-state index contributed by atoms with van der Waals surface area (Å²) in [5, 5.41) is 0. The Hall–Kier alpha value is -0.160.